The van der Waals surface area contributed by atoms with E-state index in [2.05, 4.69) is 65.1 Å². The summed E-state index contributed by atoms with van der Waals surface area (Å²) >= 11 is 4.97. The molecular formula is C12H14I2. The maximum atomic E-state index is 2.52. The molecule has 0 amide bonds. The largest absolute Gasteiger partial charge is 0.0622 e. The van der Waals surface area contributed by atoms with Crippen LogP contribution in [0.4, 0.5) is 0 Å². The summed E-state index contributed by atoms with van der Waals surface area (Å²) in [5.41, 5.74) is 4.70. The van der Waals surface area contributed by atoms with Crippen molar-refractivity contribution < 1.29 is 0 Å². The minimum Gasteiger partial charge on any atom is -0.0622 e. The maximum absolute atomic E-state index is 2.52. The molecule has 0 aromatic heterocycles. The second-order valence-electron chi connectivity index (χ2n) is 4.28. The van der Waals surface area contributed by atoms with Crippen molar-refractivity contribution in [2.75, 3.05) is 0 Å². The second-order valence-corrected chi connectivity index (χ2v) is 6.52. The van der Waals surface area contributed by atoms with E-state index < -0.39 is 0 Å². The topological polar surface area (TPSA) is 0 Å². The molecule has 2 rings (SSSR count). The Balaban J connectivity index is 2.54. The Bertz CT molecular complexity index is 369. The first-order valence-corrected chi connectivity index (χ1v) is 7.21. The van der Waals surface area contributed by atoms with Crippen molar-refractivity contribution in [3.05, 3.63) is 29.9 Å². The molecule has 0 radical (unpaired) electrons. The van der Waals surface area contributed by atoms with Gasteiger partial charge in [0.2, 0.25) is 0 Å². The monoisotopic (exact) mass is 412 g/mol. The van der Waals surface area contributed by atoms with Gasteiger partial charge in [0.25, 0.3) is 0 Å². The lowest BCUT2D eigenvalue weighted by molar-refractivity contribution is 0.499. The lowest BCUT2D eigenvalue weighted by Crippen LogP contribution is -2.14. The van der Waals surface area contributed by atoms with Crippen LogP contribution in [0.2, 0.25) is 0 Å². The van der Waals surface area contributed by atoms with E-state index in [1.807, 2.05) is 0 Å². The Labute approximate surface area is 113 Å². The zero-order valence-electron chi connectivity index (χ0n) is 8.53. The fourth-order valence-corrected chi connectivity index (χ4v) is 4.21. The number of fused-ring (bicyclic) bond motifs is 1. The zero-order valence-corrected chi connectivity index (χ0v) is 12.8. The first-order valence-electron chi connectivity index (χ1n) is 5.06. The second kappa shape index (κ2) is 4.28. The highest BCUT2D eigenvalue weighted by Gasteiger charge is 2.19. The molecule has 2 heteroatoms. The molecule has 0 saturated carbocycles. The number of hydrogen-bond acceptors (Lipinski definition) is 0. The summed E-state index contributed by atoms with van der Waals surface area (Å²) in [6.45, 7) is 4.60. The van der Waals surface area contributed by atoms with Crippen LogP contribution in [0.1, 0.15) is 30.0 Å². The molecule has 14 heavy (non-hydrogen) atoms. The third kappa shape index (κ3) is 1.96. The predicted molar refractivity (Wildman–Crippen MR) is 77.8 cm³/mol. The van der Waals surface area contributed by atoms with Crippen molar-refractivity contribution in [3.63, 3.8) is 0 Å². The highest BCUT2D eigenvalue weighted by Crippen LogP contribution is 2.32. The van der Waals surface area contributed by atoms with Crippen molar-refractivity contribution in [1.82, 2.24) is 0 Å². The Kier molecular flexibility index (Phi) is 3.41. The zero-order chi connectivity index (χ0) is 10.3. The molecule has 1 atom stereocenters. The average molecular weight is 412 g/mol. The van der Waals surface area contributed by atoms with E-state index in [1.165, 1.54) is 32.0 Å². The van der Waals surface area contributed by atoms with Crippen molar-refractivity contribution >= 4 is 45.2 Å². The number of hydrogen-bond donors (Lipinski definition) is 0. The van der Waals surface area contributed by atoms with Crippen LogP contribution < -0.4 is 0 Å². The SMILES string of the molecule is Cc1c(I)cc2c(c1I)CC[C@H](C)C2. The molecule has 0 N–H and O–H groups in total. The molecule has 0 saturated heterocycles. The minimum atomic E-state index is 0.872. The first kappa shape index (κ1) is 11.2. The lowest BCUT2D eigenvalue weighted by atomic mass is 9.84. The normalized spacial score (nSPS) is 20.7. The van der Waals surface area contributed by atoms with E-state index in [0.717, 1.165) is 5.92 Å². The molecular weight excluding hydrogens is 398 g/mol. The first-order chi connectivity index (χ1) is 6.59. The fourth-order valence-electron chi connectivity index (χ4n) is 2.14. The van der Waals surface area contributed by atoms with Gasteiger partial charge in [0, 0.05) is 7.14 Å². The highest BCUT2D eigenvalue weighted by molar-refractivity contribution is 14.1. The molecule has 0 nitrogen and oxygen atoms in total. The van der Waals surface area contributed by atoms with E-state index >= 15 is 0 Å². The van der Waals surface area contributed by atoms with Crippen LogP contribution in [0.3, 0.4) is 0 Å². The highest BCUT2D eigenvalue weighted by atomic mass is 127. The van der Waals surface area contributed by atoms with Gasteiger partial charge >= 0.3 is 0 Å². The quantitative estimate of drug-likeness (QED) is 0.557. The Hall–Kier alpha value is 0.680. The van der Waals surface area contributed by atoms with Gasteiger partial charge in [-0.3, -0.25) is 0 Å². The van der Waals surface area contributed by atoms with Gasteiger partial charge in [-0.2, -0.15) is 0 Å². The molecule has 0 spiro atoms. The molecule has 1 aromatic rings. The van der Waals surface area contributed by atoms with E-state index in [9.17, 15) is 0 Å². The van der Waals surface area contributed by atoms with Gasteiger partial charge in [-0.15, -0.1) is 0 Å². The summed E-state index contributed by atoms with van der Waals surface area (Å²) in [4.78, 5) is 0. The number of halogens is 2. The molecule has 1 aliphatic carbocycles. The molecule has 0 aliphatic heterocycles. The van der Waals surface area contributed by atoms with E-state index in [1.54, 1.807) is 11.1 Å². The molecule has 1 aliphatic rings. The molecule has 0 bridgehead atoms. The van der Waals surface area contributed by atoms with Gasteiger partial charge in [-0.05, 0) is 100 Å². The van der Waals surface area contributed by atoms with E-state index in [-0.39, 0.29) is 0 Å². The molecule has 1 aromatic carbocycles. The van der Waals surface area contributed by atoms with Crippen molar-refractivity contribution in [2.24, 2.45) is 5.92 Å². The predicted octanol–water partition coefficient (Wildman–Crippen LogP) is 4.33. The molecule has 0 fully saturated rings. The van der Waals surface area contributed by atoms with Crippen LogP contribution in [0.5, 0.6) is 0 Å². The standard InChI is InChI=1S/C12H14I2/c1-7-3-4-10-9(5-7)6-11(13)8(2)12(10)14/h6-7H,3-5H2,1-2H3/t7-/m0/s1. The number of rotatable bonds is 0. The average Bonchev–Trinajstić information content (AvgIpc) is 2.14. The van der Waals surface area contributed by atoms with Gasteiger partial charge in [0.1, 0.15) is 0 Å². The summed E-state index contributed by atoms with van der Waals surface area (Å²) in [7, 11) is 0. The summed E-state index contributed by atoms with van der Waals surface area (Å²) < 4.78 is 2.94. The Morgan fingerprint density at radius 3 is 2.79 bits per heavy atom. The van der Waals surface area contributed by atoms with Crippen LogP contribution in [0, 0.1) is 20.0 Å². The third-order valence-corrected chi connectivity index (χ3v) is 5.68. The third-order valence-electron chi connectivity index (χ3n) is 3.10. The van der Waals surface area contributed by atoms with E-state index in [4.69, 9.17) is 0 Å². The van der Waals surface area contributed by atoms with Crippen molar-refractivity contribution in [3.8, 4) is 0 Å². The minimum absolute atomic E-state index is 0.872. The lowest BCUT2D eigenvalue weighted by Gasteiger charge is -2.24. The van der Waals surface area contributed by atoms with Gasteiger partial charge in [-0.1, -0.05) is 6.92 Å². The Morgan fingerprint density at radius 1 is 1.36 bits per heavy atom. The molecule has 76 valence electrons. The maximum Gasteiger partial charge on any atom is 0.0204 e. The summed E-state index contributed by atoms with van der Waals surface area (Å²) in [6, 6.07) is 2.39. The van der Waals surface area contributed by atoms with Gasteiger partial charge < -0.3 is 0 Å². The van der Waals surface area contributed by atoms with Gasteiger partial charge in [0.15, 0.2) is 0 Å². The fraction of sp³-hybridized carbons (Fsp3) is 0.500. The summed E-state index contributed by atoms with van der Waals surface area (Å²) in [6.07, 6.45) is 3.93. The van der Waals surface area contributed by atoms with Crippen LogP contribution in [0.15, 0.2) is 6.07 Å². The van der Waals surface area contributed by atoms with Crippen LogP contribution >= 0.6 is 45.2 Å². The van der Waals surface area contributed by atoms with Crippen LogP contribution in [-0.2, 0) is 12.8 Å². The van der Waals surface area contributed by atoms with Crippen molar-refractivity contribution in [1.29, 1.82) is 0 Å². The van der Waals surface area contributed by atoms with Gasteiger partial charge in [-0.25, -0.2) is 0 Å². The summed E-state index contributed by atoms with van der Waals surface area (Å²) in [5.74, 6) is 0.872. The van der Waals surface area contributed by atoms with E-state index in [0.29, 0.717) is 0 Å². The van der Waals surface area contributed by atoms with Gasteiger partial charge in [0.05, 0.1) is 0 Å². The van der Waals surface area contributed by atoms with Crippen molar-refractivity contribution in [2.45, 2.75) is 33.1 Å². The Morgan fingerprint density at radius 2 is 2.07 bits per heavy atom. The molecule has 0 unspecified atom stereocenters. The molecule has 0 heterocycles. The number of benzene rings is 1. The smallest absolute Gasteiger partial charge is 0.0204 e. The summed E-state index contributed by atoms with van der Waals surface area (Å²) in [5, 5.41) is 0. The van der Waals surface area contributed by atoms with Crippen LogP contribution in [-0.4, -0.2) is 0 Å². The van der Waals surface area contributed by atoms with Crippen LogP contribution in [0.25, 0.3) is 0 Å².